The molecule has 0 bridgehead atoms. The first kappa shape index (κ1) is 77.5. The number of carbonyl (C=O) groups is 14. The summed E-state index contributed by atoms with van der Waals surface area (Å²) in [4.78, 5) is 190. The number of carbonyl (C=O) groups excluding carboxylic acids is 11. The van der Waals surface area contributed by atoms with Gasteiger partial charge >= 0.3 is 17.9 Å². The lowest BCUT2D eigenvalue weighted by Crippen LogP contribution is -2.61. The van der Waals surface area contributed by atoms with Gasteiger partial charge in [-0.05, 0) is 73.3 Å². The fourth-order valence-corrected chi connectivity index (χ4v) is 9.11. The summed E-state index contributed by atoms with van der Waals surface area (Å²) < 4.78 is 0. The molecule has 11 amide bonds. The van der Waals surface area contributed by atoms with Crippen molar-refractivity contribution in [2.24, 2.45) is 39.6 Å². The third-order valence-corrected chi connectivity index (χ3v) is 13.9. The zero-order valence-electron chi connectivity index (χ0n) is 51.6. The van der Waals surface area contributed by atoms with Crippen molar-refractivity contribution in [3.63, 3.8) is 0 Å². The molecule has 0 aliphatic heterocycles. The van der Waals surface area contributed by atoms with Gasteiger partial charge in [-0.3, -0.25) is 67.3 Å². The number of carboxylic acid groups (broad SMARTS) is 3. The van der Waals surface area contributed by atoms with Gasteiger partial charge < -0.3 is 102 Å². The van der Waals surface area contributed by atoms with Gasteiger partial charge in [0.05, 0.1) is 25.5 Å². The number of nitrogens with zero attached hydrogens (tertiary/aromatic N) is 1. The second-order valence-corrected chi connectivity index (χ2v) is 22.2. The highest BCUT2D eigenvalue weighted by Gasteiger charge is 2.37. The van der Waals surface area contributed by atoms with E-state index in [2.05, 4.69) is 52.8 Å². The molecule has 0 fully saturated rings. The molecule has 34 nitrogen and oxygen atoms in total. The van der Waals surface area contributed by atoms with Crippen molar-refractivity contribution in [2.75, 3.05) is 13.2 Å². The van der Waals surface area contributed by atoms with Gasteiger partial charge in [0.2, 0.25) is 65.0 Å². The first-order valence-corrected chi connectivity index (χ1v) is 29.6. The van der Waals surface area contributed by atoms with Crippen molar-refractivity contribution in [1.29, 1.82) is 0 Å². The molecule has 10 atom stereocenters. The van der Waals surface area contributed by atoms with Crippen LogP contribution in [0.1, 0.15) is 88.3 Å². The minimum atomic E-state index is -2.07. The van der Waals surface area contributed by atoms with Gasteiger partial charge in [-0.1, -0.05) is 86.6 Å². The van der Waals surface area contributed by atoms with E-state index in [1.165, 1.54) is 24.3 Å². The van der Waals surface area contributed by atoms with Crippen LogP contribution >= 0.6 is 0 Å². The topological polar surface area (TPSA) is 591 Å². The van der Waals surface area contributed by atoms with E-state index in [9.17, 15) is 92.7 Å². The van der Waals surface area contributed by atoms with E-state index >= 15 is 0 Å². The number of guanidine groups is 1. The second kappa shape index (κ2) is 39.5. The predicted octanol–water partition coefficient (Wildman–Crippen LogP) is -5.23. The third kappa shape index (κ3) is 29.0. The summed E-state index contributed by atoms with van der Waals surface area (Å²) in [6, 6.07) is 5.39. The van der Waals surface area contributed by atoms with E-state index < -0.39 is 194 Å². The normalized spacial score (nSPS) is 14.1. The molecule has 3 aromatic rings. The average Bonchev–Trinajstić information content (AvgIpc) is 1.38. The van der Waals surface area contributed by atoms with Gasteiger partial charge in [0.1, 0.15) is 60.1 Å². The molecule has 0 saturated carbocycles. The van der Waals surface area contributed by atoms with Crippen LogP contribution in [0, 0.1) is 5.92 Å². The molecule has 94 heavy (non-hydrogen) atoms. The maximum absolute atomic E-state index is 14.4. The Morgan fingerprint density at radius 1 is 0.426 bits per heavy atom. The summed E-state index contributed by atoms with van der Waals surface area (Å²) >= 11 is 0. The van der Waals surface area contributed by atoms with Crippen LogP contribution in [0.2, 0.25) is 0 Å². The monoisotopic (exact) mass is 1320 g/mol. The highest BCUT2D eigenvalue weighted by Crippen LogP contribution is 2.15. The Kier molecular flexibility index (Phi) is 32.5. The van der Waals surface area contributed by atoms with Gasteiger partial charge in [-0.2, -0.15) is 0 Å². The number of aliphatic carboxylic acids is 3. The van der Waals surface area contributed by atoms with Crippen molar-refractivity contribution in [1.82, 2.24) is 47.9 Å². The number of amides is 11. The number of benzene rings is 3. The summed E-state index contributed by atoms with van der Waals surface area (Å²) in [6.07, 6.45) is -5.60. The number of hydrogen-bond donors (Lipinski definition) is 19. The van der Waals surface area contributed by atoms with E-state index in [0.29, 0.717) is 11.1 Å². The molecule has 0 aromatic heterocycles. The SMILES string of the molecule is CC(C)C[C@H](NC(=O)[C@H](CCCN=C(N)N)NC(=O)[C@H](CCC(=O)O)NC(=O)[C@H](Cc1ccccc1)NC(=O)[C@@H](N)Cc1ccccc1)C(=O)N[C@@H](CCC(=O)O)C(=O)N[C@@H](CO)C(=O)N[C@@H](CC(N)=O)C(=O)N[C@@H](CC(N)=O)C(=O)N[C@@H](Cc1ccc(O)cc1)C(=O)O. The Morgan fingerprint density at radius 2 is 0.777 bits per heavy atom. The molecular formula is C60H83N15O19. The Morgan fingerprint density at radius 3 is 1.20 bits per heavy atom. The molecular weight excluding hydrogens is 1230 g/mol. The predicted molar refractivity (Wildman–Crippen MR) is 333 cm³/mol. The van der Waals surface area contributed by atoms with Crippen molar-refractivity contribution in [2.45, 2.75) is 151 Å². The molecule has 512 valence electrons. The summed E-state index contributed by atoms with van der Waals surface area (Å²) in [6.45, 7) is 1.89. The zero-order chi connectivity index (χ0) is 70.2. The number of phenols is 1. The number of hydrogen-bond acceptors (Lipinski definition) is 18. The van der Waals surface area contributed by atoms with Crippen LogP contribution in [0.25, 0.3) is 0 Å². The molecule has 24 N–H and O–H groups in total. The maximum atomic E-state index is 14.4. The fourth-order valence-electron chi connectivity index (χ4n) is 9.11. The molecule has 0 radical (unpaired) electrons. The number of aromatic hydroxyl groups is 1. The fraction of sp³-hybridized carbons (Fsp3) is 0.450. The van der Waals surface area contributed by atoms with E-state index in [1.807, 2.05) is 0 Å². The number of aliphatic imine (C=N–C) groups is 1. The van der Waals surface area contributed by atoms with E-state index in [0.717, 1.165) is 5.56 Å². The number of phenolic OH excluding ortho intramolecular Hbond substituents is 1. The number of rotatable bonds is 42. The van der Waals surface area contributed by atoms with Crippen LogP contribution < -0.4 is 76.5 Å². The van der Waals surface area contributed by atoms with Crippen molar-refractivity contribution in [3.05, 3.63) is 102 Å². The van der Waals surface area contributed by atoms with Crippen molar-refractivity contribution >= 4 is 88.8 Å². The van der Waals surface area contributed by atoms with Gasteiger partial charge in [0, 0.05) is 32.2 Å². The Labute approximate surface area is 539 Å². The average molecular weight is 1320 g/mol. The van der Waals surface area contributed by atoms with E-state index in [-0.39, 0.29) is 56.8 Å². The van der Waals surface area contributed by atoms with E-state index in [1.54, 1.807) is 74.5 Å². The van der Waals surface area contributed by atoms with Crippen LogP contribution in [0.4, 0.5) is 0 Å². The lowest BCUT2D eigenvalue weighted by atomic mass is 10.0. The minimum Gasteiger partial charge on any atom is -0.508 e. The van der Waals surface area contributed by atoms with E-state index in [4.69, 9.17) is 28.7 Å². The molecule has 0 aliphatic rings. The van der Waals surface area contributed by atoms with Crippen LogP contribution in [0.5, 0.6) is 5.75 Å². The van der Waals surface area contributed by atoms with Crippen LogP contribution in [0.3, 0.4) is 0 Å². The first-order chi connectivity index (χ1) is 44.3. The summed E-state index contributed by atoms with van der Waals surface area (Å²) in [5.74, 6) is -18.1. The van der Waals surface area contributed by atoms with Crippen LogP contribution in [-0.2, 0) is 86.4 Å². The highest BCUT2D eigenvalue weighted by molar-refractivity contribution is 6.00. The second-order valence-electron chi connectivity index (χ2n) is 22.2. The molecule has 3 aromatic carbocycles. The molecule has 0 heterocycles. The number of nitrogens with one attached hydrogen (secondary N) is 9. The third-order valence-electron chi connectivity index (χ3n) is 13.9. The minimum absolute atomic E-state index is 0.0192. The summed E-state index contributed by atoms with van der Waals surface area (Å²) in [7, 11) is 0. The Balaban J connectivity index is 1.90. The van der Waals surface area contributed by atoms with Gasteiger partial charge in [0.25, 0.3) is 0 Å². The number of primary amides is 2. The first-order valence-electron chi connectivity index (χ1n) is 29.6. The molecule has 0 saturated heterocycles. The molecule has 0 spiro atoms. The lowest BCUT2D eigenvalue weighted by Gasteiger charge is -2.28. The Bertz CT molecular complexity index is 3150. The number of carboxylic acids is 3. The van der Waals surface area contributed by atoms with Gasteiger partial charge in [-0.25, -0.2) is 4.79 Å². The quantitative estimate of drug-likeness (QED) is 0.0143. The smallest absolute Gasteiger partial charge is 0.326 e. The number of aliphatic hydroxyl groups is 1. The standard InChI is InChI=1S/C60H83N15O19/c1-31(2)24-40(71-51(85)37(14-9-23-66-60(64)65)67-52(86)38(19-21-48(80)81)69-55(89)41(26-33-12-7-4-8-13-33)70-50(84)36(61)25-32-10-5-3-6-11-32)54(88)68-39(20-22-49(82)83)53(87)75-45(30-76)58(92)73-42(28-46(62)78)56(90)72-43(29-47(63)79)57(91)74-44(59(93)94)27-34-15-17-35(77)18-16-34/h3-8,10-13,15-18,31,36-45,76-77H,9,14,19-30,61H2,1-2H3,(H2,62,78)(H2,63,79)(H,67,86)(H,68,88)(H,69,89)(H,70,84)(H,71,85)(H,72,90)(H,73,92)(H,74,91)(H,75,87)(H,80,81)(H,82,83)(H,93,94)(H4,64,65,66)/t36-,37-,38-,39-,40-,41-,42-,43-,44-,45-/m0/s1. The number of aliphatic hydroxyl groups excluding tert-OH is 1. The molecule has 34 heteroatoms. The lowest BCUT2D eigenvalue weighted by molar-refractivity contribution is -0.142. The molecule has 3 rings (SSSR count). The summed E-state index contributed by atoms with van der Waals surface area (Å²) in [5.41, 5.74) is 29.6. The van der Waals surface area contributed by atoms with Crippen molar-refractivity contribution < 1.29 is 92.7 Å². The van der Waals surface area contributed by atoms with Crippen molar-refractivity contribution in [3.8, 4) is 5.75 Å². The maximum Gasteiger partial charge on any atom is 0.326 e. The van der Waals surface area contributed by atoms with Crippen LogP contribution in [0.15, 0.2) is 89.9 Å². The molecule has 0 unspecified atom stereocenters. The summed E-state index contributed by atoms with van der Waals surface area (Å²) in [5, 5.41) is 70.0. The largest absolute Gasteiger partial charge is 0.508 e. The zero-order valence-corrected chi connectivity index (χ0v) is 51.6. The van der Waals surface area contributed by atoms with Gasteiger partial charge in [-0.15, -0.1) is 0 Å². The van der Waals surface area contributed by atoms with Crippen LogP contribution in [-0.4, -0.2) is 188 Å². The molecule has 0 aliphatic carbocycles. The Hall–Kier alpha value is -10.8. The van der Waals surface area contributed by atoms with Gasteiger partial charge in [0.15, 0.2) is 5.96 Å². The number of nitrogens with two attached hydrogens (primary N) is 5. The highest BCUT2D eigenvalue weighted by atomic mass is 16.4.